The highest BCUT2D eigenvalue weighted by molar-refractivity contribution is 7.15. The second kappa shape index (κ2) is 3.67. The van der Waals surface area contributed by atoms with Gasteiger partial charge in [-0.05, 0) is 0 Å². The average Bonchev–Trinajstić information content (AvgIpc) is 2.74. The number of alkyl halides is 3. The Morgan fingerprint density at radius 1 is 1.44 bits per heavy atom. The summed E-state index contributed by atoms with van der Waals surface area (Å²) in [6, 6.07) is 0. The molecule has 0 saturated carbocycles. The number of hydrogen-bond acceptors (Lipinski definition) is 5. The first kappa shape index (κ1) is 11.3. The van der Waals surface area contributed by atoms with Crippen molar-refractivity contribution >= 4 is 22.4 Å². The van der Waals surface area contributed by atoms with Crippen molar-refractivity contribution in [3.05, 3.63) is 5.01 Å². The summed E-state index contributed by atoms with van der Waals surface area (Å²) >= 11 is 0.290. The van der Waals surface area contributed by atoms with E-state index in [-0.39, 0.29) is 29.4 Å². The van der Waals surface area contributed by atoms with Crippen LogP contribution in [0, 0.1) is 0 Å². The molecule has 0 spiro atoms. The molecule has 0 aromatic carbocycles. The number of anilines is 1. The first-order chi connectivity index (χ1) is 7.39. The zero-order valence-electron chi connectivity index (χ0n) is 7.73. The standard InChI is InChI=1S/C7H6F3N3O2S/c8-7(9,10)5-11-12-6(16-5)13-2-1-3(14)4(13)15/h3,14H,1-2H2. The van der Waals surface area contributed by atoms with Gasteiger partial charge in [0.15, 0.2) is 0 Å². The molecule has 1 fully saturated rings. The minimum Gasteiger partial charge on any atom is -0.383 e. The van der Waals surface area contributed by atoms with Crippen molar-refractivity contribution in [2.45, 2.75) is 18.7 Å². The van der Waals surface area contributed by atoms with Crippen molar-refractivity contribution in [1.29, 1.82) is 0 Å². The summed E-state index contributed by atoms with van der Waals surface area (Å²) in [7, 11) is 0. The number of carbonyl (C=O) groups is 1. The second-order valence-electron chi connectivity index (χ2n) is 3.18. The van der Waals surface area contributed by atoms with Gasteiger partial charge in [-0.25, -0.2) is 0 Å². The maximum atomic E-state index is 12.2. The van der Waals surface area contributed by atoms with Gasteiger partial charge < -0.3 is 5.11 Å². The molecule has 16 heavy (non-hydrogen) atoms. The number of hydrogen-bond donors (Lipinski definition) is 1. The predicted octanol–water partition coefficient (Wildman–Crippen LogP) is 0.655. The lowest BCUT2D eigenvalue weighted by Gasteiger charge is -2.09. The molecule has 5 nitrogen and oxygen atoms in total. The van der Waals surface area contributed by atoms with E-state index in [4.69, 9.17) is 5.11 Å². The van der Waals surface area contributed by atoms with Gasteiger partial charge in [-0.1, -0.05) is 11.3 Å². The fourth-order valence-electron chi connectivity index (χ4n) is 1.29. The fraction of sp³-hybridized carbons (Fsp3) is 0.571. The summed E-state index contributed by atoms with van der Waals surface area (Å²) < 4.78 is 36.7. The number of aromatic nitrogens is 2. The van der Waals surface area contributed by atoms with Gasteiger partial charge in [0.05, 0.1) is 0 Å². The zero-order chi connectivity index (χ0) is 11.9. The molecule has 1 aromatic rings. The Labute approximate surface area is 91.5 Å². The maximum Gasteiger partial charge on any atom is 0.445 e. The number of aliphatic hydroxyl groups is 1. The molecule has 0 bridgehead atoms. The predicted molar refractivity (Wildman–Crippen MR) is 47.9 cm³/mol. The van der Waals surface area contributed by atoms with E-state index < -0.39 is 23.2 Å². The molecule has 1 aliphatic rings. The normalized spacial score (nSPS) is 21.9. The topological polar surface area (TPSA) is 66.3 Å². The van der Waals surface area contributed by atoms with Crippen molar-refractivity contribution in [2.24, 2.45) is 0 Å². The molecule has 88 valence electrons. The highest BCUT2D eigenvalue weighted by Gasteiger charge is 2.38. The summed E-state index contributed by atoms with van der Waals surface area (Å²) in [5.41, 5.74) is 0. The maximum absolute atomic E-state index is 12.2. The Morgan fingerprint density at radius 3 is 2.56 bits per heavy atom. The smallest absolute Gasteiger partial charge is 0.383 e. The monoisotopic (exact) mass is 253 g/mol. The van der Waals surface area contributed by atoms with Gasteiger partial charge in [0, 0.05) is 13.0 Å². The van der Waals surface area contributed by atoms with Crippen molar-refractivity contribution in [2.75, 3.05) is 11.4 Å². The van der Waals surface area contributed by atoms with E-state index >= 15 is 0 Å². The first-order valence-corrected chi connectivity index (χ1v) is 5.11. The summed E-state index contributed by atoms with van der Waals surface area (Å²) in [6.07, 6.45) is -5.52. The molecule has 1 N–H and O–H groups in total. The zero-order valence-corrected chi connectivity index (χ0v) is 8.55. The lowest BCUT2D eigenvalue weighted by molar-refractivity contribution is -0.138. The van der Waals surface area contributed by atoms with Crippen LogP contribution >= 0.6 is 11.3 Å². The number of carbonyl (C=O) groups excluding carboxylic acids is 1. The van der Waals surface area contributed by atoms with E-state index in [0.29, 0.717) is 0 Å². The average molecular weight is 253 g/mol. The largest absolute Gasteiger partial charge is 0.445 e. The third-order valence-electron chi connectivity index (χ3n) is 2.06. The minimum absolute atomic E-state index is 0.131. The van der Waals surface area contributed by atoms with Crippen LogP contribution in [-0.2, 0) is 11.0 Å². The van der Waals surface area contributed by atoms with Crippen LogP contribution in [0.5, 0.6) is 0 Å². The Bertz CT molecular complexity index is 419. The number of rotatable bonds is 1. The third-order valence-corrected chi connectivity index (χ3v) is 3.06. The third kappa shape index (κ3) is 1.87. The lowest BCUT2D eigenvalue weighted by atomic mass is 10.3. The molecular formula is C7H6F3N3O2S. The van der Waals surface area contributed by atoms with Gasteiger partial charge in [-0.2, -0.15) is 13.2 Å². The highest BCUT2D eigenvalue weighted by atomic mass is 32.1. The molecule has 1 aromatic heterocycles. The molecule has 1 unspecified atom stereocenters. The summed E-state index contributed by atoms with van der Waals surface area (Å²) in [4.78, 5) is 12.3. The summed E-state index contributed by atoms with van der Waals surface area (Å²) in [5.74, 6) is -0.634. The number of aliphatic hydroxyl groups excluding tert-OH is 1. The van der Waals surface area contributed by atoms with E-state index in [1.165, 1.54) is 0 Å². The Balaban J connectivity index is 2.23. The molecule has 1 atom stereocenters. The fourth-order valence-corrected chi connectivity index (χ4v) is 2.04. The molecule has 2 heterocycles. The van der Waals surface area contributed by atoms with Gasteiger partial charge >= 0.3 is 6.18 Å². The van der Waals surface area contributed by atoms with Gasteiger partial charge in [0.25, 0.3) is 5.91 Å². The van der Waals surface area contributed by atoms with Crippen molar-refractivity contribution in [3.8, 4) is 0 Å². The van der Waals surface area contributed by atoms with Crippen LogP contribution < -0.4 is 4.90 Å². The van der Waals surface area contributed by atoms with Crippen LogP contribution in [0.3, 0.4) is 0 Å². The second-order valence-corrected chi connectivity index (χ2v) is 4.14. The van der Waals surface area contributed by atoms with Gasteiger partial charge in [0.1, 0.15) is 6.10 Å². The Kier molecular flexibility index (Phi) is 2.58. The molecule has 0 aliphatic carbocycles. The van der Waals surface area contributed by atoms with Crippen LogP contribution in [0.1, 0.15) is 11.4 Å². The van der Waals surface area contributed by atoms with E-state index in [1.807, 2.05) is 0 Å². The van der Waals surface area contributed by atoms with Crippen LogP contribution in [-0.4, -0.2) is 33.9 Å². The molecular weight excluding hydrogens is 247 g/mol. The highest BCUT2D eigenvalue weighted by Crippen LogP contribution is 2.35. The quantitative estimate of drug-likeness (QED) is 0.798. The van der Waals surface area contributed by atoms with Gasteiger partial charge in [-0.3, -0.25) is 9.69 Å². The van der Waals surface area contributed by atoms with Crippen LogP contribution in [0.15, 0.2) is 0 Å². The van der Waals surface area contributed by atoms with Crippen LogP contribution in [0.4, 0.5) is 18.3 Å². The summed E-state index contributed by atoms with van der Waals surface area (Å²) in [5, 5.41) is 14.2. The molecule has 0 radical (unpaired) electrons. The number of nitrogens with zero attached hydrogens (tertiary/aromatic N) is 3. The van der Waals surface area contributed by atoms with Crippen molar-refractivity contribution < 1.29 is 23.1 Å². The molecule has 1 amide bonds. The van der Waals surface area contributed by atoms with Gasteiger partial charge in [-0.15, -0.1) is 10.2 Å². The number of amides is 1. The molecule has 1 saturated heterocycles. The van der Waals surface area contributed by atoms with E-state index in [1.54, 1.807) is 0 Å². The van der Waals surface area contributed by atoms with Crippen molar-refractivity contribution in [3.63, 3.8) is 0 Å². The Morgan fingerprint density at radius 2 is 2.12 bits per heavy atom. The SMILES string of the molecule is O=C1C(O)CCN1c1nnc(C(F)(F)F)s1. The summed E-state index contributed by atoms with van der Waals surface area (Å²) in [6.45, 7) is 0.159. The van der Waals surface area contributed by atoms with E-state index in [9.17, 15) is 18.0 Å². The van der Waals surface area contributed by atoms with Crippen molar-refractivity contribution in [1.82, 2.24) is 10.2 Å². The van der Waals surface area contributed by atoms with Crippen LogP contribution in [0.25, 0.3) is 0 Å². The minimum atomic E-state index is -4.56. The van der Waals surface area contributed by atoms with E-state index in [0.717, 1.165) is 4.90 Å². The van der Waals surface area contributed by atoms with Gasteiger partial charge in [0.2, 0.25) is 10.1 Å². The lowest BCUT2D eigenvalue weighted by Crippen LogP contribution is -2.28. The van der Waals surface area contributed by atoms with E-state index in [2.05, 4.69) is 10.2 Å². The Hall–Kier alpha value is -1.22. The first-order valence-electron chi connectivity index (χ1n) is 4.30. The molecule has 9 heteroatoms. The molecule has 2 rings (SSSR count). The molecule has 1 aliphatic heterocycles. The number of halogens is 3. The van der Waals surface area contributed by atoms with Crippen LogP contribution in [0.2, 0.25) is 0 Å².